The zero-order chi connectivity index (χ0) is 12.3. The van der Waals surface area contributed by atoms with Crippen molar-refractivity contribution in [1.82, 2.24) is 15.1 Å². The number of H-pyrrole nitrogens is 1. The third-order valence-corrected chi connectivity index (χ3v) is 2.46. The molecule has 0 aromatic carbocycles. The summed E-state index contributed by atoms with van der Waals surface area (Å²) in [7, 11) is 0. The predicted molar refractivity (Wildman–Crippen MR) is 62.0 cm³/mol. The molecule has 0 saturated heterocycles. The summed E-state index contributed by atoms with van der Waals surface area (Å²) in [5.41, 5.74) is 1.24. The normalized spacial score (nSPS) is 10.7. The summed E-state index contributed by atoms with van der Waals surface area (Å²) in [6.07, 6.45) is 3.55. The maximum absolute atomic E-state index is 8.70. The Morgan fingerprint density at radius 1 is 1.53 bits per heavy atom. The average molecular weight is 230 g/mol. The summed E-state index contributed by atoms with van der Waals surface area (Å²) in [5, 5.41) is 12.6. The van der Waals surface area contributed by atoms with E-state index in [-0.39, 0.29) is 0 Å². The number of rotatable bonds is 4. The Hall–Kier alpha value is -2.09. The highest BCUT2D eigenvalue weighted by Gasteiger charge is 2.10. The molecule has 0 unspecified atom stereocenters. The van der Waals surface area contributed by atoms with Gasteiger partial charge < -0.3 is 9.51 Å². The van der Waals surface area contributed by atoms with Gasteiger partial charge in [-0.3, -0.25) is 0 Å². The van der Waals surface area contributed by atoms with Crippen LogP contribution < -0.4 is 0 Å². The van der Waals surface area contributed by atoms with E-state index in [0.29, 0.717) is 23.3 Å². The molecule has 2 aromatic rings. The Balaban J connectivity index is 2.10. The molecule has 2 rings (SSSR count). The van der Waals surface area contributed by atoms with Crippen LogP contribution in [0.15, 0.2) is 16.8 Å². The number of hydrogen-bond donors (Lipinski definition) is 1. The minimum Gasteiger partial charge on any atom is -0.352 e. The molecule has 0 spiro atoms. The van der Waals surface area contributed by atoms with Crippen LogP contribution in [0.2, 0.25) is 0 Å². The van der Waals surface area contributed by atoms with E-state index in [1.54, 1.807) is 12.3 Å². The smallest absolute Gasteiger partial charge is 0.259 e. The minimum absolute atomic E-state index is 0.460. The van der Waals surface area contributed by atoms with E-state index in [4.69, 9.17) is 9.78 Å². The number of aryl methyl sites for hydroxylation is 1. The first-order valence-electron chi connectivity index (χ1n) is 5.60. The van der Waals surface area contributed by atoms with E-state index in [1.807, 2.05) is 6.07 Å². The van der Waals surface area contributed by atoms with E-state index >= 15 is 0 Å². The molecule has 0 fully saturated rings. The van der Waals surface area contributed by atoms with E-state index in [2.05, 4.69) is 29.0 Å². The van der Waals surface area contributed by atoms with E-state index in [0.717, 1.165) is 18.4 Å². The lowest BCUT2D eigenvalue weighted by molar-refractivity contribution is 0.419. The van der Waals surface area contributed by atoms with Gasteiger partial charge in [0, 0.05) is 12.6 Å². The van der Waals surface area contributed by atoms with Gasteiger partial charge in [0.05, 0.1) is 5.56 Å². The Bertz CT molecular complexity index is 533. The highest BCUT2D eigenvalue weighted by atomic mass is 16.5. The number of aromatic nitrogens is 3. The van der Waals surface area contributed by atoms with Gasteiger partial charge in [0.25, 0.3) is 5.89 Å². The summed E-state index contributed by atoms with van der Waals surface area (Å²) in [5.74, 6) is 1.80. The van der Waals surface area contributed by atoms with Crippen LogP contribution in [0.3, 0.4) is 0 Å². The fraction of sp³-hybridized carbons (Fsp3) is 0.417. The van der Waals surface area contributed by atoms with Crippen LogP contribution in [0, 0.1) is 17.2 Å². The zero-order valence-corrected chi connectivity index (χ0v) is 9.90. The van der Waals surface area contributed by atoms with Crippen LogP contribution in [0.4, 0.5) is 0 Å². The van der Waals surface area contributed by atoms with Crippen LogP contribution in [0.1, 0.15) is 31.8 Å². The van der Waals surface area contributed by atoms with Crippen LogP contribution in [0.25, 0.3) is 11.5 Å². The standard InChI is InChI=1S/C12H14N4O/c1-8(2)3-4-11-15-12(17-16-11)9-5-10(6-13)14-7-9/h5,7-8,14H,3-4H2,1-2H3. The summed E-state index contributed by atoms with van der Waals surface area (Å²) in [6, 6.07) is 3.71. The van der Waals surface area contributed by atoms with Crippen molar-refractivity contribution in [2.75, 3.05) is 0 Å². The molecule has 0 aliphatic carbocycles. The topological polar surface area (TPSA) is 78.5 Å². The number of aromatic amines is 1. The summed E-state index contributed by atoms with van der Waals surface area (Å²) >= 11 is 0. The third-order valence-electron chi connectivity index (χ3n) is 2.46. The molecule has 0 aliphatic rings. The Labute approximate surface area is 99.5 Å². The monoisotopic (exact) mass is 230 g/mol. The Morgan fingerprint density at radius 2 is 2.35 bits per heavy atom. The first-order valence-corrected chi connectivity index (χ1v) is 5.60. The first-order chi connectivity index (χ1) is 8.19. The largest absolute Gasteiger partial charge is 0.352 e. The maximum atomic E-state index is 8.70. The SMILES string of the molecule is CC(C)CCc1noc(-c2c[nH]c(C#N)c2)n1. The lowest BCUT2D eigenvalue weighted by Gasteiger charge is -1.98. The van der Waals surface area contributed by atoms with Gasteiger partial charge in [0.2, 0.25) is 0 Å². The summed E-state index contributed by atoms with van der Waals surface area (Å²) in [4.78, 5) is 7.12. The van der Waals surface area contributed by atoms with Gasteiger partial charge in [-0.15, -0.1) is 0 Å². The molecule has 88 valence electrons. The average Bonchev–Trinajstić information content (AvgIpc) is 2.94. The molecule has 2 aromatic heterocycles. The van der Waals surface area contributed by atoms with Gasteiger partial charge >= 0.3 is 0 Å². The summed E-state index contributed by atoms with van der Waals surface area (Å²) < 4.78 is 5.15. The van der Waals surface area contributed by atoms with Crippen LogP contribution in [0.5, 0.6) is 0 Å². The Morgan fingerprint density at radius 3 is 3.00 bits per heavy atom. The van der Waals surface area contributed by atoms with Crippen molar-refractivity contribution in [3.8, 4) is 17.5 Å². The highest BCUT2D eigenvalue weighted by Crippen LogP contribution is 2.18. The highest BCUT2D eigenvalue weighted by molar-refractivity contribution is 5.54. The molecule has 0 saturated carbocycles. The molecule has 5 heteroatoms. The van der Waals surface area contributed by atoms with Crippen molar-refractivity contribution in [2.45, 2.75) is 26.7 Å². The lowest BCUT2D eigenvalue weighted by atomic mass is 10.1. The van der Waals surface area contributed by atoms with Crippen molar-refractivity contribution in [1.29, 1.82) is 5.26 Å². The van der Waals surface area contributed by atoms with Gasteiger partial charge in [0.15, 0.2) is 5.82 Å². The van der Waals surface area contributed by atoms with E-state index in [1.165, 1.54) is 0 Å². The number of nitrogens with zero attached hydrogens (tertiary/aromatic N) is 3. The van der Waals surface area contributed by atoms with Crippen molar-refractivity contribution in [3.05, 3.63) is 23.8 Å². The second-order valence-corrected chi connectivity index (χ2v) is 4.36. The lowest BCUT2D eigenvalue weighted by Crippen LogP contribution is -1.93. The quantitative estimate of drug-likeness (QED) is 0.875. The van der Waals surface area contributed by atoms with Crippen molar-refractivity contribution >= 4 is 0 Å². The Kier molecular flexibility index (Phi) is 3.24. The van der Waals surface area contributed by atoms with Gasteiger partial charge in [-0.1, -0.05) is 19.0 Å². The van der Waals surface area contributed by atoms with Gasteiger partial charge in [-0.2, -0.15) is 10.2 Å². The third kappa shape index (κ3) is 2.72. The van der Waals surface area contributed by atoms with E-state index < -0.39 is 0 Å². The molecule has 1 N–H and O–H groups in total. The molecule has 17 heavy (non-hydrogen) atoms. The van der Waals surface area contributed by atoms with Crippen LogP contribution in [-0.4, -0.2) is 15.1 Å². The van der Waals surface area contributed by atoms with Crippen molar-refractivity contribution in [2.24, 2.45) is 5.92 Å². The molecule has 0 amide bonds. The van der Waals surface area contributed by atoms with Crippen LogP contribution >= 0.6 is 0 Å². The van der Waals surface area contributed by atoms with Gasteiger partial charge in [0.1, 0.15) is 11.8 Å². The molecule has 0 aliphatic heterocycles. The van der Waals surface area contributed by atoms with Gasteiger partial charge in [-0.25, -0.2) is 0 Å². The van der Waals surface area contributed by atoms with Gasteiger partial charge in [-0.05, 0) is 18.4 Å². The molecule has 0 radical (unpaired) electrons. The minimum atomic E-state index is 0.460. The molecule has 0 bridgehead atoms. The molecular weight excluding hydrogens is 216 g/mol. The molecular formula is C12H14N4O. The number of nitriles is 1. The second-order valence-electron chi connectivity index (χ2n) is 4.36. The summed E-state index contributed by atoms with van der Waals surface area (Å²) in [6.45, 7) is 4.32. The molecule has 5 nitrogen and oxygen atoms in total. The maximum Gasteiger partial charge on any atom is 0.259 e. The number of nitrogens with one attached hydrogen (secondary N) is 1. The van der Waals surface area contributed by atoms with Crippen molar-refractivity contribution < 1.29 is 4.52 Å². The number of hydrogen-bond acceptors (Lipinski definition) is 4. The molecule has 2 heterocycles. The fourth-order valence-corrected chi connectivity index (χ4v) is 1.47. The zero-order valence-electron chi connectivity index (χ0n) is 9.90. The fourth-order valence-electron chi connectivity index (χ4n) is 1.47. The van der Waals surface area contributed by atoms with E-state index in [9.17, 15) is 0 Å². The predicted octanol–water partition coefficient (Wildman–Crippen LogP) is 2.52. The first kappa shape index (κ1) is 11.4. The van der Waals surface area contributed by atoms with Crippen molar-refractivity contribution in [3.63, 3.8) is 0 Å². The second kappa shape index (κ2) is 4.83. The van der Waals surface area contributed by atoms with Crippen LogP contribution in [-0.2, 0) is 6.42 Å². The molecule has 0 atom stereocenters.